The summed E-state index contributed by atoms with van der Waals surface area (Å²) in [5, 5.41) is 12.2. The molecule has 2 atom stereocenters. The van der Waals surface area contributed by atoms with Gasteiger partial charge in [-0.2, -0.15) is 5.26 Å². The van der Waals surface area contributed by atoms with Crippen LogP contribution < -0.4 is 5.32 Å². The summed E-state index contributed by atoms with van der Waals surface area (Å²) in [7, 11) is 0. The number of hydrogen-bond acceptors (Lipinski definition) is 3. The molecule has 1 aromatic rings. The van der Waals surface area contributed by atoms with Crippen LogP contribution in [0.3, 0.4) is 0 Å². The van der Waals surface area contributed by atoms with Crippen molar-refractivity contribution in [2.24, 2.45) is 5.92 Å². The van der Waals surface area contributed by atoms with E-state index in [1.807, 2.05) is 0 Å². The van der Waals surface area contributed by atoms with Crippen molar-refractivity contribution in [2.45, 2.75) is 25.3 Å². The summed E-state index contributed by atoms with van der Waals surface area (Å²) in [6.07, 6.45) is 4.00. The number of pyridine rings is 1. The van der Waals surface area contributed by atoms with Gasteiger partial charge in [-0.15, -0.1) is 0 Å². The topological polar surface area (TPSA) is 65.8 Å². The van der Waals surface area contributed by atoms with E-state index < -0.39 is 0 Å². The molecule has 1 aliphatic carbocycles. The van der Waals surface area contributed by atoms with E-state index in [1.54, 1.807) is 0 Å². The van der Waals surface area contributed by atoms with Gasteiger partial charge in [0.15, 0.2) is 0 Å². The van der Waals surface area contributed by atoms with Crippen molar-refractivity contribution in [3.8, 4) is 6.07 Å². The highest BCUT2D eigenvalue weighted by molar-refractivity contribution is 6.41. The number of carbonyl (C=O) groups is 1. The number of rotatable bonds is 2. The number of carbonyl (C=O) groups excluding carboxylic acids is 1. The molecule has 1 heterocycles. The lowest BCUT2D eigenvalue weighted by Gasteiger charge is -2.15. The Labute approximate surface area is 115 Å². The lowest BCUT2D eigenvalue weighted by molar-refractivity contribution is 0.0932. The van der Waals surface area contributed by atoms with Gasteiger partial charge in [-0.1, -0.05) is 23.2 Å². The number of halogens is 2. The van der Waals surface area contributed by atoms with Crippen LogP contribution in [0.1, 0.15) is 29.6 Å². The zero-order valence-corrected chi connectivity index (χ0v) is 11.0. The third kappa shape index (κ3) is 2.74. The SMILES string of the molecule is N#CC1CCCC1NC(=O)c1cnc(Cl)c(Cl)c1. The summed E-state index contributed by atoms with van der Waals surface area (Å²) >= 11 is 11.5. The molecule has 2 rings (SSSR count). The molecule has 0 aromatic carbocycles. The van der Waals surface area contributed by atoms with E-state index in [2.05, 4.69) is 16.4 Å². The van der Waals surface area contributed by atoms with Gasteiger partial charge in [0, 0.05) is 12.2 Å². The monoisotopic (exact) mass is 283 g/mol. The fraction of sp³-hybridized carbons (Fsp3) is 0.417. The molecule has 1 aliphatic rings. The van der Waals surface area contributed by atoms with E-state index in [9.17, 15) is 4.79 Å². The smallest absolute Gasteiger partial charge is 0.253 e. The Bertz CT molecular complexity index is 513. The van der Waals surface area contributed by atoms with E-state index in [0.29, 0.717) is 5.56 Å². The van der Waals surface area contributed by atoms with Crippen LogP contribution in [0.5, 0.6) is 0 Å². The van der Waals surface area contributed by atoms with Crippen molar-refractivity contribution in [2.75, 3.05) is 0 Å². The van der Waals surface area contributed by atoms with Crippen LogP contribution in [0.2, 0.25) is 10.2 Å². The number of amides is 1. The first-order valence-electron chi connectivity index (χ1n) is 5.63. The minimum absolute atomic E-state index is 0.0862. The molecule has 6 heteroatoms. The summed E-state index contributed by atoms with van der Waals surface area (Å²) in [5.74, 6) is -0.377. The number of aromatic nitrogens is 1. The van der Waals surface area contributed by atoms with Crippen molar-refractivity contribution in [3.05, 3.63) is 28.0 Å². The maximum Gasteiger partial charge on any atom is 0.253 e. The van der Waals surface area contributed by atoms with Gasteiger partial charge in [0.05, 0.1) is 22.6 Å². The van der Waals surface area contributed by atoms with Gasteiger partial charge in [-0.3, -0.25) is 4.79 Å². The van der Waals surface area contributed by atoms with Crippen LogP contribution in [0.25, 0.3) is 0 Å². The largest absolute Gasteiger partial charge is 0.348 e. The average molecular weight is 284 g/mol. The highest BCUT2D eigenvalue weighted by atomic mass is 35.5. The fourth-order valence-corrected chi connectivity index (χ4v) is 2.35. The van der Waals surface area contributed by atoms with E-state index in [-0.39, 0.29) is 28.0 Å². The zero-order valence-electron chi connectivity index (χ0n) is 9.49. The summed E-state index contributed by atoms with van der Waals surface area (Å²) < 4.78 is 0. The minimum Gasteiger partial charge on any atom is -0.348 e. The third-order valence-corrected chi connectivity index (χ3v) is 3.74. The van der Waals surface area contributed by atoms with E-state index in [1.165, 1.54) is 12.3 Å². The maximum atomic E-state index is 12.0. The third-order valence-electron chi connectivity index (χ3n) is 3.06. The quantitative estimate of drug-likeness (QED) is 0.849. The molecule has 0 radical (unpaired) electrons. The van der Waals surface area contributed by atoms with E-state index in [4.69, 9.17) is 28.5 Å². The molecule has 18 heavy (non-hydrogen) atoms. The number of nitrogens with one attached hydrogen (secondary N) is 1. The molecule has 1 fully saturated rings. The van der Waals surface area contributed by atoms with E-state index >= 15 is 0 Å². The average Bonchev–Trinajstić information content (AvgIpc) is 2.79. The molecule has 4 nitrogen and oxygen atoms in total. The highest BCUT2D eigenvalue weighted by Gasteiger charge is 2.28. The predicted molar refractivity (Wildman–Crippen MR) is 68.5 cm³/mol. The van der Waals surface area contributed by atoms with Gasteiger partial charge in [0.1, 0.15) is 5.15 Å². The first-order chi connectivity index (χ1) is 8.61. The van der Waals surface area contributed by atoms with Crippen molar-refractivity contribution in [1.29, 1.82) is 5.26 Å². The van der Waals surface area contributed by atoms with Gasteiger partial charge < -0.3 is 5.32 Å². The standard InChI is InChI=1S/C12H11Cl2N3O/c13-9-4-8(6-16-11(9)14)12(18)17-10-3-1-2-7(10)5-15/h4,6-7,10H,1-3H2,(H,17,18). The van der Waals surface area contributed by atoms with Gasteiger partial charge in [-0.05, 0) is 25.3 Å². The Balaban J connectivity index is 2.08. The molecule has 2 unspecified atom stereocenters. The molecular weight excluding hydrogens is 273 g/mol. The Morgan fingerprint density at radius 3 is 2.94 bits per heavy atom. The van der Waals surface area contributed by atoms with Crippen LogP contribution in [0.4, 0.5) is 0 Å². The summed E-state index contributed by atoms with van der Waals surface area (Å²) in [6, 6.07) is 3.60. The molecular formula is C12H11Cl2N3O. The first-order valence-corrected chi connectivity index (χ1v) is 6.39. The van der Waals surface area contributed by atoms with Gasteiger partial charge in [0.25, 0.3) is 5.91 Å². The molecule has 0 aliphatic heterocycles. The number of nitrogens with zero attached hydrogens (tertiary/aromatic N) is 2. The normalized spacial score (nSPS) is 22.5. The van der Waals surface area contributed by atoms with Gasteiger partial charge in [-0.25, -0.2) is 4.98 Å². The summed E-state index contributed by atoms with van der Waals surface area (Å²) in [5.41, 5.74) is 0.355. The Hall–Kier alpha value is -1.31. The fourth-order valence-electron chi connectivity index (χ4n) is 2.08. The molecule has 1 amide bonds. The Kier molecular flexibility index (Phi) is 4.05. The van der Waals surface area contributed by atoms with Crippen molar-refractivity contribution in [3.63, 3.8) is 0 Å². The molecule has 1 aromatic heterocycles. The summed E-state index contributed by atoms with van der Waals surface area (Å²) in [4.78, 5) is 15.8. The Morgan fingerprint density at radius 2 is 2.28 bits per heavy atom. The Morgan fingerprint density at radius 1 is 1.50 bits per heavy atom. The second-order valence-electron chi connectivity index (χ2n) is 4.24. The van der Waals surface area contributed by atoms with Crippen LogP contribution in [-0.2, 0) is 0 Å². The molecule has 1 N–H and O–H groups in total. The predicted octanol–water partition coefficient (Wildman–Crippen LogP) is 2.81. The number of hydrogen-bond donors (Lipinski definition) is 1. The van der Waals surface area contributed by atoms with Crippen LogP contribution in [-0.4, -0.2) is 16.9 Å². The van der Waals surface area contributed by atoms with Gasteiger partial charge >= 0.3 is 0 Å². The lowest BCUT2D eigenvalue weighted by Crippen LogP contribution is -2.36. The van der Waals surface area contributed by atoms with E-state index in [0.717, 1.165) is 19.3 Å². The lowest BCUT2D eigenvalue weighted by atomic mass is 10.1. The molecule has 94 valence electrons. The second kappa shape index (κ2) is 5.55. The van der Waals surface area contributed by atoms with Crippen molar-refractivity contribution >= 4 is 29.1 Å². The first kappa shape index (κ1) is 13.1. The molecule has 0 bridgehead atoms. The maximum absolute atomic E-state index is 12.0. The van der Waals surface area contributed by atoms with Gasteiger partial charge in [0.2, 0.25) is 0 Å². The minimum atomic E-state index is -0.270. The summed E-state index contributed by atoms with van der Waals surface area (Å²) in [6.45, 7) is 0. The molecule has 0 spiro atoms. The zero-order chi connectivity index (χ0) is 13.1. The van der Waals surface area contributed by atoms with Crippen LogP contribution in [0.15, 0.2) is 12.3 Å². The molecule has 1 saturated carbocycles. The molecule has 0 saturated heterocycles. The van der Waals surface area contributed by atoms with Crippen LogP contribution in [0, 0.1) is 17.2 Å². The highest BCUT2D eigenvalue weighted by Crippen LogP contribution is 2.25. The second-order valence-corrected chi connectivity index (χ2v) is 5.01. The van der Waals surface area contributed by atoms with Crippen molar-refractivity contribution in [1.82, 2.24) is 10.3 Å². The van der Waals surface area contributed by atoms with Crippen molar-refractivity contribution < 1.29 is 4.79 Å². The number of nitriles is 1. The van der Waals surface area contributed by atoms with Crippen LogP contribution >= 0.6 is 23.2 Å².